The Kier molecular flexibility index (Phi) is 3.84. The molecule has 0 aromatic carbocycles. The van der Waals surface area contributed by atoms with Gasteiger partial charge in [-0.2, -0.15) is 0 Å². The monoisotopic (exact) mass is 199 g/mol. The molecule has 1 aromatic rings. The van der Waals surface area contributed by atoms with Crippen molar-refractivity contribution in [2.24, 2.45) is 5.73 Å². The minimum Gasteiger partial charge on any atom is -0.384 e. The van der Waals surface area contributed by atoms with Gasteiger partial charge < -0.3 is 16.2 Å². The lowest BCUT2D eigenvalue weighted by molar-refractivity contribution is 0.171. The van der Waals surface area contributed by atoms with E-state index in [1.807, 2.05) is 18.4 Å². The topological polar surface area (TPSA) is 89.0 Å². The molecule has 14 heavy (non-hydrogen) atoms. The highest BCUT2D eigenvalue weighted by atomic mass is 16.3. The molecule has 0 saturated heterocycles. The van der Waals surface area contributed by atoms with Gasteiger partial charge in [-0.25, -0.2) is 0 Å². The molecule has 0 fully saturated rings. The van der Waals surface area contributed by atoms with Gasteiger partial charge in [0.1, 0.15) is 6.10 Å². The number of hydrogen-bond acceptors (Lipinski definition) is 5. The Bertz CT molecular complexity index is 285. The number of hydrogen-bond donors (Lipinski definition) is 3. The summed E-state index contributed by atoms with van der Waals surface area (Å²) in [5.74, 6) is 1.20. The standard InChI is InChI=1S/C8H17N5O/c1-3-10-8-12-11-7(6(14)5-9)13(8)4-2/h6,14H,3-5,9H2,1-2H3,(H,10,12). The van der Waals surface area contributed by atoms with Crippen molar-refractivity contribution in [2.75, 3.05) is 18.4 Å². The van der Waals surface area contributed by atoms with Crippen LogP contribution in [-0.2, 0) is 6.54 Å². The second-order valence-electron chi connectivity index (χ2n) is 2.91. The number of aliphatic hydroxyl groups is 1. The number of nitrogens with two attached hydrogens (primary N) is 1. The summed E-state index contributed by atoms with van der Waals surface area (Å²) in [6, 6.07) is 0. The summed E-state index contributed by atoms with van der Waals surface area (Å²) < 4.78 is 1.82. The highest BCUT2D eigenvalue weighted by molar-refractivity contribution is 5.26. The molecule has 6 heteroatoms. The molecule has 1 unspecified atom stereocenters. The minimum atomic E-state index is -0.741. The van der Waals surface area contributed by atoms with E-state index < -0.39 is 6.10 Å². The molecule has 0 amide bonds. The molecule has 4 N–H and O–H groups in total. The fourth-order valence-corrected chi connectivity index (χ4v) is 1.27. The van der Waals surface area contributed by atoms with Crippen LogP contribution in [0.25, 0.3) is 0 Å². The molecule has 0 saturated carbocycles. The molecule has 1 atom stereocenters. The van der Waals surface area contributed by atoms with Gasteiger partial charge in [0.2, 0.25) is 5.95 Å². The van der Waals surface area contributed by atoms with E-state index in [0.29, 0.717) is 18.3 Å². The van der Waals surface area contributed by atoms with Crippen LogP contribution >= 0.6 is 0 Å². The van der Waals surface area contributed by atoms with Crippen molar-refractivity contribution in [3.8, 4) is 0 Å². The largest absolute Gasteiger partial charge is 0.384 e. The van der Waals surface area contributed by atoms with Crippen LogP contribution in [0, 0.1) is 0 Å². The van der Waals surface area contributed by atoms with Crippen molar-refractivity contribution in [3.05, 3.63) is 5.82 Å². The van der Waals surface area contributed by atoms with Crippen LogP contribution in [0.15, 0.2) is 0 Å². The Morgan fingerprint density at radius 3 is 2.71 bits per heavy atom. The smallest absolute Gasteiger partial charge is 0.224 e. The molecule has 1 heterocycles. The lowest BCUT2D eigenvalue weighted by Gasteiger charge is -2.10. The number of rotatable bonds is 5. The summed E-state index contributed by atoms with van der Waals surface area (Å²) in [5.41, 5.74) is 5.36. The number of nitrogens with zero attached hydrogens (tertiary/aromatic N) is 3. The Labute approximate surface area is 83.1 Å². The molecule has 1 rings (SSSR count). The van der Waals surface area contributed by atoms with Gasteiger partial charge in [-0.1, -0.05) is 0 Å². The first-order chi connectivity index (χ1) is 6.74. The first-order valence-corrected chi connectivity index (χ1v) is 4.79. The summed E-state index contributed by atoms with van der Waals surface area (Å²) in [4.78, 5) is 0. The van der Waals surface area contributed by atoms with Gasteiger partial charge in [0.15, 0.2) is 5.82 Å². The van der Waals surface area contributed by atoms with E-state index in [0.717, 1.165) is 6.54 Å². The van der Waals surface area contributed by atoms with Gasteiger partial charge in [0, 0.05) is 19.6 Å². The maximum atomic E-state index is 9.55. The summed E-state index contributed by atoms with van der Waals surface area (Å²) in [5, 5.41) is 20.4. The highest BCUT2D eigenvalue weighted by Crippen LogP contribution is 2.13. The van der Waals surface area contributed by atoms with Crippen molar-refractivity contribution in [1.82, 2.24) is 14.8 Å². The van der Waals surface area contributed by atoms with Gasteiger partial charge >= 0.3 is 0 Å². The maximum absolute atomic E-state index is 9.55. The number of nitrogens with one attached hydrogen (secondary N) is 1. The van der Waals surface area contributed by atoms with Crippen LogP contribution in [0.1, 0.15) is 25.8 Å². The van der Waals surface area contributed by atoms with E-state index >= 15 is 0 Å². The third kappa shape index (κ3) is 2.02. The van der Waals surface area contributed by atoms with Crippen molar-refractivity contribution in [2.45, 2.75) is 26.5 Å². The molecule has 0 aliphatic heterocycles. The van der Waals surface area contributed by atoms with E-state index in [-0.39, 0.29) is 6.54 Å². The molecule has 80 valence electrons. The van der Waals surface area contributed by atoms with Crippen LogP contribution in [0.3, 0.4) is 0 Å². The average Bonchev–Trinajstić information content (AvgIpc) is 2.60. The van der Waals surface area contributed by atoms with Gasteiger partial charge in [-0.15, -0.1) is 10.2 Å². The quantitative estimate of drug-likeness (QED) is 0.607. The van der Waals surface area contributed by atoms with Crippen LogP contribution in [0.5, 0.6) is 0 Å². The maximum Gasteiger partial charge on any atom is 0.224 e. The van der Waals surface area contributed by atoms with E-state index in [9.17, 15) is 5.11 Å². The Morgan fingerprint density at radius 1 is 1.50 bits per heavy atom. The number of aromatic nitrogens is 3. The van der Waals surface area contributed by atoms with Gasteiger partial charge in [-0.05, 0) is 13.8 Å². The fraction of sp³-hybridized carbons (Fsp3) is 0.750. The minimum absolute atomic E-state index is 0.157. The summed E-state index contributed by atoms with van der Waals surface area (Å²) >= 11 is 0. The normalized spacial score (nSPS) is 12.9. The second kappa shape index (κ2) is 4.92. The first kappa shape index (κ1) is 10.9. The molecule has 0 aliphatic rings. The lowest BCUT2D eigenvalue weighted by atomic mass is 10.3. The summed E-state index contributed by atoms with van der Waals surface area (Å²) in [6.07, 6.45) is -0.741. The highest BCUT2D eigenvalue weighted by Gasteiger charge is 2.16. The molecule has 0 radical (unpaired) electrons. The molecular formula is C8H17N5O. The van der Waals surface area contributed by atoms with Crippen LogP contribution in [0.4, 0.5) is 5.95 Å². The third-order valence-corrected chi connectivity index (χ3v) is 1.95. The van der Waals surface area contributed by atoms with Gasteiger partial charge in [0.25, 0.3) is 0 Å². The van der Waals surface area contributed by atoms with Crippen LogP contribution < -0.4 is 11.1 Å². The summed E-state index contributed by atoms with van der Waals surface area (Å²) in [6.45, 7) is 5.59. The van der Waals surface area contributed by atoms with E-state index in [2.05, 4.69) is 15.5 Å². The molecular weight excluding hydrogens is 182 g/mol. The SMILES string of the molecule is CCNc1nnc(C(O)CN)n1CC. The Morgan fingerprint density at radius 2 is 2.21 bits per heavy atom. The van der Waals surface area contributed by atoms with E-state index in [1.54, 1.807) is 0 Å². The van der Waals surface area contributed by atoms with Crippen LogP contribution in [-0.4, -0.2) is 33.0 Å². The first-order valence-electron chi connectivity index (χ1n) is 4.79. The zero-order valence-corrected chi connectivity index (χ0v) is 8.56. The van der Waals surface area contributed by atoms with Crippen molar-refractivity contribution < 1.29 is 5.11 Å². The van der Waals surface area contributed by atoms with Crippen molar-refractivity contribution in [1.29, 1.82) is 0 Å². The fourth-order valence-electron chi connectivity index (χ4n) is 1.27. The molecule has 0 aliphatic carbocycles. The number of anilines is 1. The van der Waals surface area contributed by atoms with Gasteiger partial charge in [-0.3, -0.25) is 4.57 Å². The average molecular weight is 199 g/mol. The van der Waals surface area contributed by atoms with Gasteiger partial charge in [0.05, 0.1) is 0 Å². The third-order valence-electron chi connectivity index (χ3n) is 1.95. The second-order valence-corrected chi connectivity index (χ2v) is 2.91. The Balaban J connectivity index is 2.94. The van der Waals surface area contributed by atoms with Crippen molar-refractivity contribution >= 4 is 5.95 Å². The Hall–Kier alpha value is -1.14. The van der Waals surface area contributed by atoms with Crippen LogP contribution in [0.2, 0.25) is 0 Å². The summed E-state index contributed by atoms with van der Waals surface area (Å²) in [7, 11) is 0. The van der Waals surface area contributed by atoms with E-state index in [4.69, 9.17) is 5.73 Å². The molecule has 0 bridgehead atoms. The number of aliphatic hydroxyl groups excluding tert-OH is 1. The molecule has 1 aromatic heterocycles. The molecule has 6 nitrogen and oxygen atoms in total. The van der Waals surface area contributed by atoms with Crippen molar-refractivity contribution in [3.63, 3.8) is 0 Å². The zero-order valence-electron chi connectivity index (χ0n) is 8.56. The molecule has 0 spiro atoms. The predicted molar refractivity (Wildman–Crippen MR) is 53.9 cm³/mol. The zero-order chi connectivity index (χ0) is 10.6. The lowest BCUT2D eigenvalue weighted by Crippen LogP contribution is -2.17. The van der Waals surface area contributed by atoms with E-state index in [1.165, 1.54) is 0 Å². The predicted octanol–water partition coefficient (Wildman–Crippen LogP) is -0.278.